The van der Waals surface area contributed by atoms with Crippen molar-refractivity contribution in [3.63, 3.8) is 0 Å². The van der Waals surface area contributed by atoms with Gasteiger partial charge in [-0.05, 0) is 56.0 Å². The summed E-state index contributed by atoms with van der Waals surface area (Å²) in [5.41, 5.74) is 2.51. The molecule has 1 atom stereocenters. The quantitative estimate of drug-likeness (QED) is 0.196. The molecule has 0 spiro atoms. The lowest BCUT2D eigenvalue weighted by Gasteiger charge is -2.31. The molecule has 12 nitrogen and oxygen atoms in total. The first-order chi connectivity index (χ1) is 20.7. The molecule has 1 saturated heterocycles. The van der Waals surface area contributed by atoms with Crippen molar-refractivity contribution in [1.82, 2.24) is 19.9 Å². The van der Waals surface area contributed by atoms with Crippen LogP contribution in [0.15, 0.2) is 60.9 Å². The number of sulfonamides is 1. The number of anilines is 2. The fourth-order valence-corrected chi connectivity index (χ4v) is 6.18. The third kappa shape index (κ3) is 7.30. The van der Waals surface area contributed by atoms with E-state index in [9.17, 15) is 18.3 Å². The van der Waals surface area contributed by atoms with Crippen molar-refractivity contribution in [2.24, 2.45) is 0 Å². The highest BCUT2D eigenvalue weighted by Gasteiger charge is 2.24. The van der Waals surface area contributed by atoms with Crippen LogP contribution in [0.4, 0.5) is 16.4 Å². The summed E-state index contributed by atoms with van der Waals surface area (Å²) in [6.07, 6.45) is 4.27. The smallest absolute Gasteiger partial charge is 0.407 e. The van der Waals surface area contributed by atoms with Gasteiger partial charge in [-0.1, -0.05) is 24.3 Å². The number of pyridine rings is 1. The van der Waals surface area contributed by atoms with Crippen molar-refractivity contribution in [2.75, 3.05) is 42.6 Å². The SMILES string of the molecule is COCCCS(=O)(=O)Nc1cccc2c(Oc3ncccc3-c3ccnc(N[C@H]4CCCN(C(=O)O)C4)n3)c(C)ccc12. The number of piperidine rings is 1. The molecule has 43 heavy (non-hydrogen) atoms. The summed E-state index contributed by atoms with van der Waals surface area (Å²) in [6.45, 7) is 3.14. The molecule has 13 heteroatoms. The van der Waals surface area contributed by atoms with Crippen molar-refractivity contribution in [3.8, 4) is 22.9 Å². The molecule has 4 aromatic rings. The van der Waals surface area contributed by atoms with Gasteiger partial charge < -0.3 is 24.8 Å². The van der Waals surface area contributed by atoms with E-state index in [1.54, 1.807) is 36.7 Å². The highest BCUT2D eigenvalue weighted by Crippen LogP contribution is 2.38. The lowest BCUT2D eigenvalue weighted by Crippen LogP contribution is -2.44. The number of carbonyl (C=O) groups is 1. The Morgan fingerprint density at radius 1 is 1.09 bits per heavy atom. The molecule has 0 radical (unpaired) electrons. The minimum Gasteiger partial charge on any atom is -0.465 e. The van der Waals surface area contributed by atoms with E-state index in [-0.39, 0.29) is 11.8 Å². The summed E-state index contributed by atoms with van der Waals surface area (Å²) < 4.78 is 39.6. The van der Waals surface area contributed by atoms with Crippen molar-refractivity contribution in [3.05, 3.63) is 66.5 Å². The third-order valence-electron chi connectivity index (χ3n) is 7.16. The fraction of sp³-hybridized carbons (Fsp3) is 0.333. The molecule has 1 fully saturated rings. The molecule has 2 aromatic heterocycles. The number of methoxy groups -OCH3 is 1. The van der Waals surface area contributed by atoms with E-state index in [1.165, 1.54) is 12.0 Å². The lowest BCUT2D eigenvalue weighted by molar-refractivity contribution is 0.132. The Bertz CT molecular complexity index is 1720. The molecule has 0 saturated carbocycles. The van der Waals surface area contributed by atoms with Gasteiger partial charge >= 0.3 is 6.09 Å². The van der Waals surface area contributed by atoms with Crippen molar-refractivity contribution < 1.29 is 27.8 Å². The molecular formula is C30H34N6O6S. The van der Waals surface area contributed by atoms with Crippen LogP contribution in [-0.2, 0) is 14.8 Å². The first-order valence-corrected chi connectivity index (χ1v) is 15.6. The van der Waals surface area contributed by atoms with Crippen LogP contribution < -0.4 is 14.8 Å². The number of aryl methyl sites for hydroxylation is 1. The van der Waals surface area contributed by atoms with Crippen LogP contribution in [0.25, 0.3) is 22.0 Å². The third-order valence-corrected chi connectivity index (χ3v) is 8.52. The van der Waals surface area contributed by atoms with Crippen LogP contribution in [0.2, 0.25) is 0 Å². The highest BCUT2D eigenvalue weighted by molar-refractivity contribution is 7.92. The zero-order valence-electron chi connectivity index (χ0n) is 24.0. The van der Waals surface area contributed by atoms with Gasteiger partial charge in [-0.15, -0.1) is 0 Å². The van der Waals surface area contributed by atoms with E-state index < -0.39 is 16.1 Å². The van der Waals surface area contributed by atoms with Crippen molar-refractivity contribution in [1.29, 1.82) is 0 Å². The summed E-state index contributed by atoms with van der Waals surface area (Å²) in [5, 5.41) is 14.0. The monoisotopic (exact) mass is 606 g/mol. The Kier molecular flexibility index (Phi) is 9.22. The number of nitrogens with zero attached hydrogens (tertiary/aromatic N) is 4. The molecule has 1 aliphatic rings. The number of rotatable bonds is 11. The molecule has 0 unspecified atom stereocenters. The van der Waals surface area contributed by atoms with Gasteiger partial charge in [-0.2, -0.15) is 0 Å². The van der Waals surface area contributed by atoms with Gasteiger partial charge in [0.15, 0.2) is 0 Å². The molecule has 3 N–H and O–H groups in total. The van der Waals surface area contributed by atoms with Crippen LogP contribution in [-0.4, -0.2) is 78.1 Å². The summed E-state index contributed by atoms with van der Waals surface area (Å²) in [7, 11) is -2.04. The molecule has 0 aliphatic carbocycles. The van der Waals surface area contributed by atoms with Crippen LogP contribution in [0.5, 0.6) is 11.6 Å². The molecule has 1 amide bonds. The average molecular weight is 607 g/mol. The average Bonchev–Trinajstić information content (AvgIpc) is 2.99. The largest absolute Gasteiger partial charge is 0.465 e. The van der Waals surface area contributed by atoms with Crippen LogP contribution >= 0.6 is 0 Å². The summed E-state index contributed by atoms with van der Waals surface area (Å²) in [5.74, 6) is 1.19. The van der Waals surface area contributed by atoms with E-state index in [1.807, 2.05) is 31.2 Å². The molecule has 0 bridgehead atoms. The summed E-state index contributed by atoms with van der Waals surface area (Å²) in [4.78, 5) is 26.3. The van der Waals surface area contributed by atoms with E-state index in [2.05, 4.69) is 25.0 Å². The second kappa shape index (κ2) is 13.2. The number of likely N-dealkylation sites (tertiary alicyclic amines) is 1. The molecule has 5 rings (SSSR count). The van der Waals surface area contributed by atoms with Gasteiger partial charge in [-0.3, -0.25) is 4.72 Å². The number of benzene rings is 2. The Balaban J connectivity index is 1.42. The second-order valence-corrected chi connectivity index (χ2v) is 12.2. The number of fused-ring (bicyclic) bond motifs is 1. The fourth-order valence-electron chi connectivity index (χ4n) is 5.07. The Hall–Kier alpha value is -4.49. The maximum atomic E-state index is 12.7. The number of nitrogens with one attached hydrogen (secondary N) is 2. The maximum absolute atomic E-state index is 12.7. The van der Waals surface area contributed by atoms with Gasteiger partial charge in [0.1, 0.15) is 5.75 Å². The van der Waals surface area contributed by atoms with Crippen LogP contribution in [0, 0.1) is 6.92 Å². The number of ether oxygens (including phenoxy) is 2. The van der Waals surface area contributed by atoms with Gasteiger partial charge in [-0.25, -0.2) is 28.2 Å². The highest BCUT2D eigenvalue weighted by atomic mass is 32.2. The maximum Gasteiger partial charge on any atom is 0.407 e. The Labute approximate surface area is 250 Å². The van der Waals surface area contributed by atoms with Crippen LogP contribution in [0.1, 0.15) is 24.8 Å². The van der Waals surface area contributed by atoms with Crippen LogP contribution in [0.3, 0.4) is 0 Å². The molecule has 226 valence electrons. The minimum absolute atomic E-state index is 0.0575. The predicted molar refractivity (Wildman–Crippen MR) is 164 cm³/mol. The van der Waals surface area contributed by atoms with Gasteiger partial charge in [0.25, 0.3) is 0 Å². The normalized spacial score (nSPS) is 15.3. The van der Waals surface area contributed by atoms with E-state index >= 15 is 0 Å². The number of hydrogen-bond acceptors (Lipinski definition) is 9. The zero-order valence-corrected chi connectivity index (χ0v) is 24.8. The first kappa shape index (κ1) is 30.0. The number of aromatic nitrogens is 3. The topological polar surface area (TPSA) is 156 Å². The number of hydrogen-bond donors (Lipinski definition) is 3. The number of amides is 1. The van der Waals surface area contributed by atoms with Crippen molar-refractivity contribution >= 4 is 38.5 Å². The Morgan fingerprint density at radius 2 is 1.95 bits per heavy atom. The summed E-state index contributed by atoms with van der Waals surface area (Å²) in [6, 6.07) is 14.4. The molecule has 2 aromatic carbocycles. The lowest BCUT2D eigenvalue weighted by atomic mass is 10.0. The predicted octanol–water partition coefficient (Wildman–Crippen LogP) is 5.13. The zero-order chi connectivity index (χ0) is 30.4. The molecule has 1 aliphatic heterocycles. The Morgan fingerprint density at radius 3 is 2.77 bits per heavy atom. The first-order valence-electron chi connectivity index (χ1n) is 14.0. The van der Waals surface area contributed by atoms with E-state index in [0.717, 1.165) is 23.8 Å². The molecular weight excluding hydrogens is 572 g/mol. The van der Waals surface area contributed by atoms with E-state index in [4.69, 9.17) is 9.47 Å². The standard InChI is InChI=1S/C30H34N6O6S/c1-20-11-12-22-23(8-3-10-26(22)35-43(39,40)18-6-17-41-2)27(20)42-28-24(9-4-14-31-28)25-13-15-32-29(34-25)33-21-7-5-16-36(19-21)30(37)38/h3-4,8-15,21,35H,5-7,16-19H2,1-2H3,(H,37,38)(H,32,33,34)/t21-/m0/s1. The molecule has 3 heterocycles. The second-order valence-electron chi connectivity index (χ2n) is 10.3. The van der Waals surface area contributed by atoms with Gasteiger partial charge in [0.2, 0.25) is 21.9 Å². The number of carboxylic acid groups (broad SMARTS) is 1. The van der Waals surface area contributed by atoms with E-state index in [0.29, 0.717) is 66.0 Å². The summed E-state index contributed by atoms with van der Waals surface area (Å²) >= 11 is 0. The van der Waals surface area contributed by atoms with Gasteiger partial charge in [0, 0.05) is 56.0 Å². The minimum atomic E-state index is -3.58. The van der Waals surface area contributed by atoms with Crippen molar-refractivity contribution in [2.45, 2.75) is 32.2 Å². The van der Waals surface area contributed by atoms with Gasteiger partial charge in [0.05, 0.1) is 22.7 Å².